The molecule has 0 unspecified atom stereocenters. The Morgan fingerprint density at radius 2 is 1.30 bits per heavy atom. The lowest BCUT2D eigenvalue weighted by molar-refractivity contribution is -0.149. The van der Waals surface area contributed by atoms with Crippen LogP contribution in [0.4, 0.5) is 0 Å². The third kappa shape index (κ3) is 14.7. The lowest BCUT2D eigenvalue weighted by Gasteiger charge is -2.31. The number of thioether (sulfide) groups is 1. The first-order chi connectivity index (χ1) is 26.7. The molecule has 2 aliphatic heterocycles. The van der Waals surface area contributed by atoms with Gasteiger partial charge < -0.3 is 57.4 Å². The summed E-state index contributed by atoms with van der Waals surface area (Å²) in [7, 11) is 0. The van der Waals surface area contributed by atoms with Gasteiger partial charge in [0, 0.05) is 13.1 Å². The van der Waals surface area contributed by atoms with Gasteiger partial charge in [-0.1, -0.05) is 27.7 Å². The number of aliphatic hydroxyl groups excluding tert-OH is 1. The molecular weight excluding hydrogens is 769 g/mol. The van der Waals surface area contributed by atoms with E-state index in [-0.39, 0.29) is 44.7 Å². The van der Waals surface area contributed by atoms with Crippen molar-refractivity contribution in [2.75, 3.05) is 31.6 Å². The summed E-state index contributed by atoms with van der Waals surface area (Å²) in [5.74, 6) is -7.70. The molecule has 2 fully saturated rings. The number of nitrogens with zero attached hydrogens (tertiary/aromatic N) is 2. The number of hydrogen-bond donors (Lipinski definition) is 9. The van der Waals surface area contributed by atoms with Gasteiger partial charge in [-0.2, -0.15) is 11.8 Å². The Hall–Kier alpha value is -4.50. The van der Waals surface area contributed by atoms with E-state index in [1.165, 1.54) is 28.5 Å². The van der Waals surface area contributed by atoms with E-state index in [9.17, 15) is 53.4 Å². The zero-order chi connectivity index (χ0) is 43.1. The van der Waals surface area contributed by atoms with Gasteiger partial charge in [-0.25, -0.2) is 4.79 Å². The number of likely N-dealkylation sites (tertiary alicyclic amines) is 2. The summed E-state index contributed by atoms with van der Waals surface area (Å²) >= 11 is 1.41. The lowest BCUT2D eigenvalue weighted by Crippen LogP contribution is -2.61. The number of nitrogens with two attached hydrogens (primary N) is 1. The van der Waals surface area contributed by atoms with E-state index in [0.717, 1.165) is 0 Å². The van der Waals surface area contributed by atoms with Crippen LogP contribution >= 0.6 is 11.8 Å². The van der Waals surface area contributed by atoms with Gasteiger partial charge >= 0.3 is 11.9 Å². The summed E-state index contributed by atoms with van der Waals surface area (Å²) in [4.78, 5) is 118. The zero-order valence-corrected chi connectivity index (χ0v) is 34.3. The van der Waals surface area contributed by atoms with Gasteiger partial charge in [-0.15, -0.1) is 0 Å². The summed E-state index contributed by atoms with van der Waals surface area (Å²) in [6, 6.07) is -8.36. The van der Waals surface area contributed by atoms with E-state index in [2.05, 4.69) is 26.6 Å². The molecule has 0 aromatic rings. The van der Waals surface area contributed by atoms with Crippen LogP contribution in [-0.2, 0) is 43.2 Å². The van der Waals surface area contributed by atoms with E-state index < -0.39 is 121 Å². The second-order valence-corrected chi connectivity index (χ2v) is 16.2. The fourth-order valence-electron chi connectivity index (χ4n) is 6.69. The molecule has 8 atom stereocenters. The zero-order valence-electron chi connectivity index (χ0n) is 33.4. The summed E-state index contributed by atoms with van der Waals surface area (Å²) in [6.07, 6.45) is 1.56. The molecule has 2 heterocycles. The predicted octanol–water partition coefficient (Wildman–Crippen LogP) is -2.25. The molecule has 2 saturated heterocycles. The topological polar surface area (TPSA) is 307 Å². The molecule has 2 aliphatic rings. The molecule has 0 radical (unpaired) electrons. The Kier molecular flexibility index (Phi) is 19.7. The quantitative estimate of drug-likeness (QED) is 0.0557. The molecular formula is C36H60N8O12S. The van der Waals surface area contributed by atoms with Crippen molar-refractivity contribution in [3.63, 3.8) is 0 Å². The smallest absolute Gasteiger partial charge is 0.326 e. The van der Waals surface area contributed by atoms with E-state index in [1.54, 1.807) is 20.1 Å². The average molecular weight is 829 g/mol. The lowest BCUT2D eigenvalue weighted by atomic mass is 9.99. The highest BCUT2D eigenvalue weighted by molar-refractivity contribution is 7.98. The fourth-order valence-corrected chi connectivity index (χ4v) is 7.16. The SMILES string of the molecule is CSCC[C@H](NC(=O)[C@@H](N)CC(=O)O)C(=O)N1CCC[C@H]1C(=O)NCC(=O)N[C@H](C(=O)N[C@H](C(=O)N[C@@H](CC(C)C)C(=O)N1CCC[C@H]1C(=O)O)C(C)C)[C@@H](C)O. The van der Waals surface area contributed by atoms with Crippen molar-refractivity contribution in [3.05, 3.63) is 0 Å². The number of aliphatic hydroxyl groups is 1. The number of carbonyl (C=O) groups is 9. The number of carboxylic acid groups (broad SMARTS) is 2. The highest BCUT2D eigenvalue weighted by Gasteiger charge is 2.41. The number of amides is 7. The Bertz CT molecular complexity index is 1480. The van der Waals surface area contributed by atoms with Crippen LogP contribution in [0.1, 0.15) is 79.6 Å². The van der Waals surface area contributed by atoms with Gasteiger partial charge in [-0.3, -0.25) is 38.4 Å². The largest absolute Gasteiger partial charge is 0.481 e. The molecule has 10 N–H and O–H groups in total. The third-order valence-corrected chi connectivity index (χ3v) is 10.3. The summed E-state index contributed by atoms with van der Waals surface area (Å²) in [5, 5.41) is 41.5. The third-order valence-electron chi connectivity index (χ3n) is 9.69. The van der Waals surface area contributed by atoms with Crippen LogP contribution in [0.3, 0.4) is 0 Å². The molecule has 21 heteroatoms. The van der Waals surface area contributed by atoms with Crippen LogP contribution in [0.2, 0.25) is 0 Å². The van der Waals surface area contributed by atoms with Gasteiger partial charge in [0.05, 0.1) is 25.1 Å². The average Bonchev–Trinajstić information content (AvgIpc) is 3.83. The standard InChI is InChI=1S/C36H60N8O12S/c1-18(2)15-23(35(54)44-13-8-10-25(44)36(55)56)40-32(51)28(19(3)4)42-33(52)29(20(5)45)41-26(46)17-38-31(50)24-9-7-12-43(24)34(53)22(11-14-57-6)39-30(49)21(37)16-27(47)48/h18-25,28-29,45H,7-17,37H2,1-6H3,(H,38,50)(H,39,49)(H,40,51)(H,41,46)(H,42,52)(H,47,48)(H,55,56)/t20-,21+,22+,23+,24+,25+,28+,29+/m1/s1. The van der Waals surface area contributed by atoms with Crippen LogP contribution in [0.15, 0.2) is 0 Å². The van der Waals surface area contributed by atoms with Crippen LogP contribution in [0.25, 0.3) is 0 Å². The molecule has 0 aromatic carbocycles. The Morgan fingerprint density at radius 3 is 1.82 bits per heavy atom. The fraction of sp³-hybridized carbons (Fsp3) is 0.750. The van der Waals surface area contributed by atoms with Gasteiger partial charge in [-0.05, 0) is 69.3 Å². The van der Waals surface area contributed by atoms with Crippen molar-refractivity contribution in [1.82, 2.24) is 36.4 Å². The highest BCUT2D eigenvalue weighted by Crippen LogP contribution is 2.22. The van der Waals surface area contributed by atoms with E-state index in [4.69, 9.17) is 10.8 Å². The summed E-state index contributed by atoms with van der Waals surface area (Å²) in [5.41, 5.74) is 5.67. The van der Waals surface area contributed by atoms with E-state index in [1.807, 2.05) is 13.8 Å². The molecule has 0 spiro atoms. The monoisotopic (exact) mass is 828 g/mol. The second-order valence-electron chi connectivity index (χ2n) is 15.2. The van der Waals surface area contributed by atoms with Crippen molar-refractivity contribution < 1.29 is 58.5 Å². The number of hydrogen-bond acceptors (Lipinski definition) is 12. The maximum Gasteiger partial charge on any atom is 0.326 e. The second kappa shape index (κ2) is 23.0. The van der Waals surface area contributed by atoms with Crippen LogP contribution in [0, 0.1) is 11.8 Å². The predicted molar refractivity (Wildman–Crippen MR) is 207 cm³/mol. The van der Waals surface area contributed by atoms with Crippen LogP contribution in [-0.4, -0.2) is 158 Å². The van der Waals surface area contributed by atoms with Gasteiger partial charge in [0.1, 0.15) is 36.3 Å². The van der Waals surface area contributed by atoms with Crippen molar-refractivity contribution in [2.45, 2.75) is 128 Å². The van der Waals surface area contributed by atoms with Crippen molar-refractivity contribution in [1.29, 1.82) is 0 Å². The highest BCUT2D eigenvalue weighted by atomic mass is 32.2. The van der Waals surface area contributed by atoms with Crippen molar-refractivity contribution >= 4 is 65.1 Å². The Morgan fingerprint density at radius 1 is 0.754 bits per heavy atom. The first-order valence-corrected chi connectivity index (χ1v) is 20.6. The minimum atomic E-state index is -1.57. The number of carbonyl (C=O) groups excluding carboxylic acids is 7. The molecule has 57 heavy (non-hydrogen) atoms. The minimum Gasteiger partial charge on any atom is -0.481 e. The molecule has 2 rings (SSSR count). The van der Waals surface area contributed by atoms with Crippen LogP contribution in [0.5, 0.6) is 0 Å². The molecule has 0 aromatic heterocycles. The Balaban J connectivity index is 2.08. The first kappa shape index (κ1) is 48.6. The molecule has 322 valence electrons. The van der Waals surface area contributed by atoms with Crippen molar-refractivity contribution in [3.8, 4) is 0 Å². The molecule has 0 bridgehead atoms. The number of rotatable bonds is 22. The Labute approximate surface area is 336 Å². The van der Waals surface area contributed by atoms with Crippen molar-refractivity contribution in [2.24, 2.45) is 17.6 Å². The van der Waals surface area contributed by atoms with Gasteiger partial charge in [0.2, 0.25) is 41.4 Å². The molecule has 0 saturated carbocycles. The molecule has 0 aliphatic carbocycles. The van der Waals surface area contributed by atoms with E-state index in [0.29, 0.717) is 18.6 Å². The molecule has 7 amide bonds. The minimum absolute atomic E-state index is 0.0596. The van der Waals surface area contributed by atoms with Gasteiger partial charge in [0.15, 0.2) is 0 Å². The van der Waals surface area contributed by atoms with Crippen LogP contribution < -0.4 is 32.3 Å². The molecule has 20 nitrogen and oxygen atoms in total. The maximum atomic E-state index is 13.6. The number of carboxylic acids is 2. The maximum absolute atomic E-state index is 13.6. The number of nitrogens with one attached hydrogen (secondary N) is 5. The summed E-state index contributed by atoms with van der Waals surface area (Å²) < 4.78 is 0. The normalized spacial score (nSPS) is 19.8. The number of aliphatic carboxylic acids is 2. The van der Waals surface area contributed by atoms with E-state index >= 15 is 0 Å². The summed E-state index contributed by atoms with van der Waals surface area (Å²) in [6.45, 7) is 7.95. The first-order valence-electron chi connectivity index (χ1n) is 19.2. The van der Waals surface area contributed by atoms with Gasteiger partial charge in [0.25, 0.3) is 0 Å².